The van der Waals surface area contributed by atoms with E-state index in [-0.39, 0.29) is 18.1 Å². The molecule has 10 heteroatoms. The average Bonchev–Trinajstić information content (AvgIpc) is 3.67. The molecule has 9 nitrogen and oxygen atoms in total. The Kier molecular flexibility index (Phi) is 5.91. The molecule has 5 aromatic rings. The van der Waals surface area contributed by atoms with E-state index in [1.807, 2.05) is 25.1 Å². The molecule has 0 spiro atoms. The van der Waals surface area contributed by atoms with Crippen molar-refractivity contribution in [3.05, 3.63) is 83.7 Å². The number of carbonyl (C=O) groups excluding carboxylic acids is 1. The fourth-order valence-corrected chi connectivity index (χ4v) is 4.79. The van der Waals surface area contributed by atoms with Crippen molar-refractivity contribution in [3.63, 3.8) is 0 Å². The molecule has 2 N–H and O–H groups in total. The molecule has 1 aliphatic rings. The van der Waals surface area contributed by atoms with Gasteiger partial charge >= 0.3 is 0 Å². The van der Waals surface area contributed by atoms with Crippen molar-refractivity contribution in [2.45, 2.75) is 45.1 Å². The Morgan fingerprint density at radius 2 is 1.97 bits per heavy atom. The molecule has 1 aromatic carbocycles. The van der Waals surface area contributed by atoms with Crippen molar-refractivity contribution >= 4 is 17.1 Å². The molecule has 0 unspecified atom stereocenters. The summed E-state index contributed by atoms with van der Waals surface area (Å²) in [4.78, 5) is 33.7. The van der Waals surface area contributed by atoms with Gasteiger partial charge in [-0.2, -0.15) is 5.10 Å². The van der Waals surface area contributed by atoms with E-state index in [9.17, 15) is 9.18 Å². The van der Waals surface area contributed by atoms with Crippen LogP contribution < -0.4 is 5.32 Å². The van der Waals surface area contributed by atoms with E-state index in [2.05, 4.69) is 35.3 Å². The lowest BCUT2D eigenvalue weighted by atomic mass is 10.1. The Hall–Kier alpha value is -4.47. The molecule has 1 fully saturated rings. The van der Waals surface area contributed by atoms with E-state index in [1.54, 1.807) is 23.3 Å². The predicted octanol–water partition coefficient (Wildman–Crippen LogP) is 4.64. The van der Waals surface area contributed by atoms with Gasteiger partial charge in [0.2, 0.25) is 0 Å². The number of benzene rings is 1. The second-order valence-corrected chi connectivity index (χ2v) is 9.42. The number of nitrogens with one attached hydrogen (secondary N) is 2. The molecule has 6 rings (SSSR count). The molecule has 0 bridgehead atoms. The van der Waals surface area contributed by atoms with Crippen LogP contribution in [0.2, 0.25) is 0 Å². The number of amides is 1. The van der Waals surface area contributed by atoms with Crippen LogP contribution in [0, 0.1) is 12.7 Å². The van der Waals surface area contributed by atoms with Crippen molar-refractivity contribution in [1.29, 1.82) is 0 Å². The highest BCUT2D eigenvalue weighted by molar-refractivity contribution is 6.02. The number of hydrogen-bond donors (Lipinski definition) is 2. The second-order valence-electron chi connectivity index (χ2n) is 9.42. The smallest absolute Gasteiger partial charge is 0.272 e. The van der Waals surface area contributed by atoms with Crippen LogP contribution in [0.15, 0.2) is 55.2 Å². The molecule has 186 valence electrons. The Morgan fingerprint density at radius 3 is 2.78 bits per heavy atom. The zero-order chi connectivity index (χ0) is 25.4. The highest BCUT2D eigenvalue weighted by atomic mass is 19.1. The lowest BCUT2D eigenvalue weighted by Gasteiger charge is -2.08. The van der Waals surface area contributed by atoms with Crippen LogP contribution in [0.4, 0.5) is 4.39 Å². The highest BCUT2D eigenvalue weighted by Crippen LogP contribution is 2.33. The van der Waals surface area contributed by atoms with Gasteiger partial charge in [0.25, 0.3) is 5.91 Å². The summed E-state index contributed by atoms with van der Waals surface area (Å²) in [7, 11) is 0. The monoisotopic (exact) mass is 496 g/mol. The molecule has 0 saturated heterocycles. The van der Waals surface area contributed by atoms with Crippen molar-refractivity contribution in [1.82, 2.24) is 40.0 Å². The van der Waals surface area contributed by atoms with Crippen molar-refractivity contribution in [2.75, 3.05) is 0 Å². The Labute approximate surface area is 212 Å². The van der Waals surface area contributed by atoms with E-state index < -0.39 is 5.82 Å². The lowest BCUT2D eigenvalue weighted by molar-refractivity contribution is 0.0947. The minimum atomic E-state index is -0.401. The van der Waals surface area contributed by atoms with Crippen LogP contribution in [0.3, 0.4) is 0 Å². The van der Waals surface area contributed by atoms with Gasteiger partial charge in [0, 0.05) is 30.4 Å². The number of imidazole rings is 1. The Bertz CT molecular complexity index is 1580. The molecule has 1 saturated carbocycles. The first-order chi connectivity index (χ1) is 18.0. The van der Waals surface area contributed by atoms with Gasteiger partial charge in [-0.1, -0.05) is 18.9 Å². The summed E-state index contributed by atoms with van der Waals surface area (Å²) < 4.78 is 16.2. The maximum Gasteiger partial charge on any atom is 0.272 e. The van der Waals surface area contributed by atoms with E-state index in [0.717, 1.165) is 29.8 Å². The number of aromatic nitrogens is 7. The summed E-state index contributed by atoms with van der Waals surface area (Å²) in [5, 5.41) is 7.22. The largest absolute Gasteiger partial charge is 0.347 e. The molecular formula is C27H25FN8O. The molecular weight excluding hydrogens is 471 g/mol. The Balaban J connectivity index is 1.20. The molecule has 37 heavy (non-hydrogen) atoms. The number of hydrogen-bond acceptors (Lipinski definition) is 6. The topological polar surface area (TPSA) is 114 Å². The number of H-pyrrole nitrogens is 1. The lowest BCUT2D eigenvalue weighted by Crippen LogP contribution is -2.24. The minimum absolute atomic E-state index is 0.131. The van der Waals surface area contributed by atoms with Gasteiger partial charge in [-0.15, -0.1) is 0 Å². The first kappa shape index (κ1) is 23.0. The highest BCUT2D eigenvalue weighted by Gasteiger charge is 2.23. The molecule has 4 heterocycles. The van der Waals surface area contributed by atoms with Gasteiger partial charge in [0.05, 0.1) is 6.20 Å². The van der Waals surface area contributed by atoms with Crippen LogP contribution in [-0.4, -0.2) is 40.6 Å². The zero-order valence-corrected chi connectivity index (χ0v) is 20.3. The van der Waals surface area contributed by atoms with Crippen LogP contribution in [0.25, 0.3) is 28.1 Å². The third-order valence-corrected chi connectivity index (χ3v) is 6.72. The normalized spacial score (nSPS) is 13.9. The number of pyridine rings is 1. The van der Waals surface area contributed by atoms with Crippen LogP contribution in [0.1, 0.15) is 59.0 Å². The van der Waals surface area contributed by atoms with Crippen molar-refractivity contribution < 1.29 is 9.18 Å². The zero-order valence-electron chi connectivity index (χ0n) is 20.3. The molecule has 0 atom stereocenters. The maximum atomic E-state index is 14.5. The summed E-state index contributed by atoms with van der Waals surface area (Å²) in [6, 6.07) is 8.51. The van der Waals surface area contributed by atoms with Gasteiger partial charge in [-0.05, 0) is 60.7 Å². The van der Waals surface area contributed by atoms with Crippen molar-refractivity contribution in [3.8, 4) is 16.9 Å². The fourth-order valence-electron chi connectivity index (χ4n) is 4.79. The maximum absolute atomic E-state index is 14.5. The second kappa shape index (κ2) is 9.53. The number of nitrogens with zero attached hydrogens (tertiary/aromatic N) is 6. The quantitative estimate of drug-likeness (QED) is 0.354. The predicted molar refractivity (Wildman–Crippen MR) is 136 cm³/mol. The first-order valence-electron chi connectivity index (χ1n) is 12.3. The standard InChI is InChI=1S/C27H25FN8O/c1-16-6-7-22(29-11-16)36-14-20(13-33-36)19-8-17(9-21(28)10-19)12-30-27(37)24-23-26(32-15-31-24)35-25(34-23)18-4-2-3-5-18/h6-11,13-15,18H,2-5,12H2,1H3,(H,30,37)(H,31,32,34,35). The van der Waals surface area contributed by atoms with E-state index in [0.29, 0.717) is 34.0 Å². The van der Waals surface area contributed by atoms with Gasteiger partial charge in [0.1, 0.15) is 23.5 Å². The number of rotatable bonds is 6. The minimum Gasteiger partial charge on any atom is -0.347 e. The number of halogens is 1. The number of aryl methyl sites for hydroxylation is 1. The van der Waals surface area contributed by atoms with E-state index >= 15 is 0 Å². The summed E-state index contributed by atoms with van der Waals surface area (Å²) in [5.41, 5.74) is 4.30. The summed E-state index contributed by atoms with van der Waals surface area (Å²) >= 11 is 0. The van der Waals surface area contributed by atoms with Crippen LogP contribution in [-0.2, 0) is 6.54 Å². The van der Waals surface area contributed by atoms with E-state index in [4.69, 9.17) is 0 Å². The molecule has 1 aliphatic carbocycles. The van der Waals surface area contributed by atoms with Crippen molar-refractivity contribution in [2.24, 2.45) is 0 Å². The molecule has 0 radical (unpaired) electrons. The number of aromatic amines is 1. The number of fused-ring (bicyclic) bond motifs is 1. The van der Waals surface area contributed by atoms with Gasteiger partial charge in [-0.3, -0.25) is 4.79 Å². The van der Waals surface area contributed by atoms with Crippen LogP contribution >= 0.6 is 0 Å². The summed E-state index contributed by atoms with van der Waals surface area (Å²) in [6.07, 6.45) is 11.1. The fraction of sp³-hybridized carbons (Fsp3) is 0.259. The van der Waals surface area contributed by atoms with Gasteiger partial charge in [0.15, 0.2) is 17.2 Å². The van der Waals surface area contributed by atoms with Crippen LogP contribution in [0.5, 0.6) is 0 Å². The van der Waals surface area contributed by atoms with E-state index in [1.165, 1.54) is 31.3 Å². The molecule has 1 amide bonds. The van der Waals surface area contributed by atoms with Gasteiger partial charge < -0.3 is 10.3 Å². The molecule has 4 aromatic heterocycles. The SMILES string of the molecule is Cc1ccc(-n2cc(-c3cc(F)cc(CNC(=O)c4ncnc5nc(C6CCCC6)[nH]c45)c3)cn2)nc1. The summed E-state index contributed by atoms with van der Waals surface area (Å²) in [5.74, 6) is 1.12. The summed E-state index contributed by atoms with van der Waals surface area (Å²) in [6.45, 7) is 2.10. The van der Waals surface area contributed by atoms with Gasteiger partial charge in [-0.25, -0.2) is 29.0 Å². The molecule has 0 aliphatic heterocycles. The average molecular weight is 497 g/mol. The third kappa shape index (κ3) is 4.69. The Morgan fingerprint density at radius 1 is 1.11 bits per heavy atom. The third-order valence-electron chi connectivity index (χ3n) is 6.72. The first-order valence-corrected chi connectivity index (χ1v) is 12.3. The number of carbonyl (C=O) groups is 1.